The van der Waals surface area contributed by atoms with Crippen molar-refractivity contribution in [1.82, 2.24) is 5.32 Å². The molecule has 0 aromatic heterocycles. The highest BCUT2D eigenvalue weighted by atomic mass is 35.5. The van der Waals surface area contributed by atoms with Gasteiger partial charge in [-0.3, -0.25) is 0 Å². The number of hydrogen-bond donors (Lipinski definition) is 1. The van der Waals surface area contributed by atoms with Gasteiger partial charge in [0.05, 0.1) is 0 Å². The molecule has 0 aliphatic carbocycles. The second-order valence-electron chi connectivity index (χ2n) is 4.64. The number of nitrogens with one attached hydrogen (secondary N) is 1. The minimum Gasteiger partial charge on any atom is -0.310 e. The molecule has 0 fully saturated rings. The first-order chi connectivity index (χ1) is 9.58. The van der Waals surface area contributed by atoms with Gasteiger partial charge in [0.1, 0.15) is 5.82 Å². The highest BCUT2D eigenvalue weighted by Crippen LogP contribution is 2.26. The lowest BCUT2D eigenvalue weighted by molar-refractivity contribution is 0.549. The molecule has 106 valence electrons. The molecule has 1 nitrogen and oxygen atoms in total. The van der Waals surface area contributed by atoms with Crippen molar-refractivity contribution >= 4 is 23.2 Å². The van der Waals surface area contributed by atoms with Gasteiger partial charge in [-0.1, -0.05) is 42.3 Å². The molecule has 4 heteroatoms. The predicted molar refractivity (Wildman–Crippen MR) is 83.0 cm³/mol. The van der Waals surface area contributed by atoms with E-state index in [0.29, 0.717) is 10.0 Å². The van der Waals surface area contributed by atoms with E-state index < -0.39 is 0 Å². The first kappa shape index (κ1) is 15.3. The topological polar surface area (TPSA) is 12.0 Å². The van der Waals surface area contributed by atoms with Gasteiger partial charge < -0.3 is 5.32 Å². The highest BCUT2D eigenvalue weighted by Gasteiger charge is 2.12. The van der Waals surface area contributed by atoms with Crippen molar-refractivity contribution in [2.45, 2.75) is 19.4 Å². The molecule has 0 saturated heterocycles. The summed E-state index contributed by atoms with van der Waals surface area (Å²) in [6.07, 6.45) is 0.755. The summed E-state index contributed by atoms with van der Waals surface area (Å²) in [6, 6.07) is 12.2. The van der Waals surface area contributed by atoms with Gasteiger partial charge in [0.25, 0.3) is 0 Å². The number of rotatable bonds is 5. The van der Waals surface area contributed by atoms with E-state index in [1.807, 2.05) is 19.1 Å². The van der Waals surface area contributed by atoms with E-state index in [0.717, 1.165) is 24.1 Å². The SMILES string of the molecule is CCNC(Cc1ccc(F)cc1)c1cc(Cl)cc(Cl)c1. The zero-order valence-electron chi connectivity index (χ0n) is 11.2. The zero-order chi connectivity index (χ0) is 14.5. The molecule has 0 radical (unpaired) electrons. The van der Waals surface area contributed by atoms with Crippen molar-refractivity contribution in [2.24, 2.45) is 0 Å². The van der Waals surface area contributed by atoms with Crippen LogP contribution >= 0.6 is 23.2 Å². The normalized spacial score (nSPS) is 12.4. The summed E-state index contributed by atoms with van der Waals surface area (Å²) < 4.78 is 13.0. The molecule has 2 aromatic rings. The minimum atomic E-state index is -0.223. The summed E-state index contributed by atoms with van der Waals surface area (Å²) in [5.41, 5.74) is 2.10. The van der Waals surface area contributed by atoms with Crippen LogP contribution in [0.5, 0.6) is 0 Å². The van der Waals surface area contributed by atoms with Gasteiger partial charge in [-0.15, -0.1) is 0 Å². The van der Waals surface area contributed by atoms with E-state index in [2.05, 4.69) is 5.32 Å². The number of hydrogen-bond acceptors (Lipinski definition) is 1. The van der Waals surface area contributed by atoms with Gasteiger partial charge in [-0.05, 0) is 54.4 Å². The maximum atomic E-state index is 13.0. The predicted octanol–water partition coefficient (Wildman–Crippen LogP) is 5.03. The fourth-order valence-electron chi connectivity index (χ4n) is 2.19. The zero-order valence-corrected chi connectivity index (χ0v) is 12.7. The van der Waals surface area contributed by atoms with Gasteiger partial charge in [-0.2, -0.15) is 0 Å². The van der Waals surface area contributed by atoms with Crippen LogP contribution in [0, 0.1) is 5.82 Å². The van der Waals surface area contributed by atoms with Crippen LogP contribution in [0.15, 0.2) is 42.5 Å². The molecule has 2 aromatic carbocycles. The van der Waals surface area contributed by atoms with Crippen molar-refractivity contribution in [1.29, 1.82) is 0 Å². The third-order valence-electron chi connectivity index (χ3n) is 3.09. The average molecular weight is 312 g/mol. The number of benzene rings is 2. The first-order valence-corrected chi connectivity index (χ1v) is 7.28. The Labute approximate surface area is 128 Å². The molecule has 1 unspecified atom stereocenters. The van der Waals surface area contributed by atoms with E-state index in [1.54, 1.807) is 18.2 Å². The third-order valence-corrected chi connectivity index (χ3v) is 3.53. The van der Waals surface area contributed by atoms with Crippen molar-refractivity contribution in [3.8, 4) is 0 Å². The second kappa shape index (κ2) is 7.07. The molecule has 1 atom stereocenters. The largest absolute Gasteiger partial charge is 0.310 e. The Morgan fingerprint density at radius 1 is 1.05 bits per heavy atom. The molecule has 0 heterocycles. The summed E-state index contributed by atoms with van der Waals surface area (Å²) in [5.74, 6) is -0.223. The summed E-state index contributed by atoms with van der Waals surface area (Å²) in [6.45, 7) is 2.87. The molecule has 0 amide bonds. The Morgan fingerprint density at radius 3 is 2.20 bits per heavy atom. The summed E-state index contributed by atoms with van der Waals surface area (Å²) >= 11 is 12.1. The van der Waals surface area contributed by atoms with Crippen LogP contribution in [0.3, 0.4) is 0 Å². The molecule has 0 aliphatic rings. The molecule has 20 heavy (non-hydrogen) atoms. The quantitative estimate of drug-likeness (QED) is 0.817. The fraction of sp³-hybridized carbons (Fsp3) is 0.250. The van der Waals surface area contributed by atoms with E-state index in [9.17, 15) is 4.39 Å². The summed E-state index contributed by atoms with van der Waals surface area (Å²) in [4.78, 5) is 0. The Balaban J connectivity index is 2.23. The van der Waals surface area contributed by atoms with Gasteiger partial charge in [0.2, 0.25) is 0 Å². The number of halogens is 3. The lowest BCUT2D eigenvalue weighted by Gasteiger charge is -2.19. The van der Waals surface area contributed by atoms with Crippen LogP contribution in [0.4, 0.5) is 4.39 Å². The van der Waals surface area contributed by atoms with Crippen LogP contribution < -0.4 is 5.32 Å². The number of likely N-dealkylation sites (N-methyl/N-ethyl adjacent to an activating group) is 1. The molecule has 0 saturated carbocycles. The molecule has 1 N–H and O–H groups in total. The average Bonchev–Trinajstić information content (AvgIpc) is 2.39. The maximum Gasteiger partial charge on any atom is 0.123 e. The summed E-state index contributed by atoms with van der Waals surface area (Å²) in [5, 5.41) is 4.65. The molecular formula is C16H16Cl2FN. The van der Waals surface area contributed by atoms with Crippen LogP contribution in [0.25, 0.3) is 0 Å². The van der Waals surface area contributed by atoms with Crippen LogP contribution in [-0.4, -0.2) is 6.54 Å². The van der Waals surface area contributed by atoms with Crippen molar-refractivity contribution in [3.05, 3.63) is 69.5 Å². The maximum absolute atomic E-state index is 13.0. The molecule has 0 bridgehead atoms. The van der Waals surface area contributed by atoms with Gasteiger partial charge in [0.15, 0.2) is 0 Å². The Hall–Kier alpha value is -1.09. The molecule has 2 rings (SSSR count). The van der Waals surface area contributed by atoms with Crippen molar-refractivity contribution < 1.29 is 4.39 Å². The van der Waals surface area contributed by atoms with Crippen LogP contribution in [0.2, 0.25) is 10.0 Å². The Kier molecular flexibility index (Phi) is 5.41. The van der Waals surface area contributed by atoms with Crippen molar-refractivity contribution in [3.63, 3.8) is 0 Å². The fourth-order valence-corrected chi connectivity index (χ4v) is 2.73. The van der Waals surface area contributed by atoms with Crippen molar-refractivity contribution in [2.75, 3.05) is 6.54 Å². The van der Waals surface area contributed by atoms with E-state index in [-0.39, 0.29) is 11.9 Å². The monoisotopic (exact) mass is 311 g/mol. The highest BCUT2D eigenvalue weighted by molar-refractivity contribution is 6.34. The Morgan fingerprint density at radius 2 is 1.65 bits per heavy atom. The first-order valence-electron chi connectivity index (χ1n) is 6.52. The molecule has 0 aliphatic heterocycles. The molecular weight excluding hydrogens is 296 g/mol. The van der Waals surface area contributed by atoms with Gasteiger partial charge in [-0.25, -0.2) is 4.39 Å². The second-order valence-corrected chi connectivity index (χ2v) is 5.52. The van der Waals surface area contributed by atoms with Crippen LogP contribution in [-0.2, 0) is 6.42 Å². The van der Waals surface area contributed by atoms with E-state index >= 15 is 0 Å². The minimum absolute atomic E-state index is 0.0988. The lowest BCUT2D eigenvalue weighted by Crippen LogP contribution is -2.23. The van der Waals surface area contributed by atoms with Gasteiger partial charge in [0, 0.05) is 16.1 Å². The molecule has 0 spiro atoms. The summed E-state index contributed by atoms with van der Waals surface area (Å²) in [7, 11) is 0. The van der Waals surface area contributed by atoms with Gasteiger partial charge >= 0.3 is 0 Å². The Bertz CT molecular complexity index is 549. The van der Waals surface area contributed by atoms with E-state index in [4.69, 9.17) is 23.2 Å². The van der Waals surface area contributed by atoms with Crippen LogP contribution in [0.1, 0.15) is 24.1 Å². The standard InChI is InChI=1S/C16H16Cl2FN/c1-2-20-16(7-11-3-5-15(19)6-4-11)12-8-13(17)10-14(18)9-12/h3-6,8-10,16,20H,2,7H2,1H3. The van der Waals surface area contributed by atoms with E-state index in [1.165, 1.54) is 12.1 Å². The lowest BCUT2D eigenvalue weighted by atomic mass is 9.99. The third kappa shape index (κ3) is 4.20. The smallest absolute Gasteiger partial charge is 0.123 e.